The van der Waals surface area contributed by atoms with Crippen molar-refractivity contribution in [2.24, 2.45) is 0 Å². The number of hydrogen-bond acceptors (Lipinski definition) is 2. The molecule has 0 bridgehead atoms. The van der Waals surface area contributed by atoms with Crippen molar-refractivity contribution in [3.8, 4) is 0 Å². The molecule has 1 aliphatic rings. The second-order valence-corrected chi connectivity index (χ2v) is 2.53. The van der Waals surface area contributed by atoms with E-state index in [9.17, 15) is 0 Å². The van der Waals surface area contributed by atoms with Crippen LogP contribution in [0.25, 0.3) is 0 Å². The smallest absolute Gasteiger partial charge is 0.0884 e. The molecule has 1 aromatic heterocycles. The van der Waals surface area contributed by atoms with Crippen molar-refractivity contribution in [3.05, 3.63) is 17.5 Å². The van der Waals surface area contributed by atoms with Crippen LogP contribution in [0, 0.1) is 0 Å². The Balaban J connectivity index is 2.28. The predicted octanol–water partition coefficient (Wildman–Crippen LogP) is 0.873. The molecule has 1 aromatic rings. The van der Waals surface area contributed by atoms with Crippen LogP contribution in [0.4, 0.5) is 0 Å². The molecule has 1 N–H and O–H groups in total. The Kier molecular flexibility index (Phi) is 1.43. The molecule has 0 radical (unpaired) electrons. The summed E-state index contributed by atoms with van der Waals surface area (Å²) in [5.41, 5.74) is 2.47. The summed E-state index contributed by atoms with van der Waals surface area (Å²) in [5.74, 6) is 0. The minimum Gasteiger partial charge on any atom is -0.375 e. The molecule has 10 heavy (non-hydrogen) atoms. The topological polar surface area (TPSA) is 37.9 Å². The van der Waals surface area contributed by atoms with Gasteiger partial charge in [-0.1, -0.05) is 0 Å². The van der Waals surface area contributed by atoms with E-state index in [4.69, 9.17) is 4.74 Å². The highest BCUT2D eigenvalue weighted by Gasteiger charge is 2.08. The van der Waals surface area contributed by atoms with E-state index >= 15 is 0 Å². The number of fused-ring (bicyclic) bond motifs is 1. The van der Waals surface area contributed by atoms with Crippen LogP contribution >= 0.6 is 0 Å². The Morgan fingerprint density at radius 2 is 2.60 bits per heavy atom. The molecule has 2 heterocycles. The summed E-state index contributed by atoms with van der Waals surface area (Å²) in [6, 6.07) is 0. The van der Waals surface area contributed by atoms with Crippen molar-refractivity contribution in [2.75, 3.05) is 6.61 Å². The normalized spacial score (nSPS) is 18.0. The molecule has 3 nitrogen and oxygen atoms in total. The minimum atomic E-state index is 0.704. The molecule has 0 fully saturated rings. The van der Waals surface area contributed by atoms with Crippen molar-refractivity contribution in [3.63, 3.8) is 0 Å². The number of rotatable bonds is 0. The van der Waals surface area contributed by atoms with Gasteiger partial charge in [-0.25, -0.2) is 0 Å². The number of nitrogens with one attached hydrogen (secondary N) is 1. The van der Waals surface area contributed by atoms with Crippen LogP contribution in [0.3, 0.4) is 0 Å². The van der Waals surface area contributed by atoms with Gasteiger partial charge < -0.3 is 4.74 Å². The zero-order valence-electron chi connectivity index (χ0n) is 5.76. The molecule has 2 rings (SSSR count). The monoisotopic (exact) mass is 138 g/mol. The van der Waals surface area contributed by atoms with E-state index in [1.807, 2.05) is 6.20 Å². The third-order valence-corrected chi connectivity index (χ3v) is 1.79. The first-order valence-electron chi connectivity index (χ1n) is 3.55. The molecule has 0 spiro atoms. The summed E-state index contributed by atoms with van der Waals surface area (Å²) in [5, 5.41) is 6.86. The molecular weight excluding hydrogens is 128 g/mol. The van der Waals surface area contributed by atoms with Gasteiger partial charge in [0, 0.05) is 6.61 Å². The number of aromatic nitrogens is 2. The molecule has 3 heteroatoms. The van der Waals surface area contributed by atoms with Gasteiger partial charge in [0.1, 0.15) is 0 Å². The average Bonchev–Trinajstić information content (AvgIpc) is 2.28. The van der Waals surface area contributed by atoms with Gasteiger partial charge in [-0.2, -0.15) is 5.10 Å². The summed E-state index contributed by atoms with van der Waals surface area (Å²) in [4.78, 5) is 0. The Bertz CT molecular complexity index is 199. The Morgan fingerprint density at radius 3 is 3.60 bits per heavy atom. The van der Waals surface area contributed by atoms with Crippen molar-refractivity contribution in [1.29, 1.82) is 0 Å². The van der Waals surface area contributed by atoms with Crippen LogP contribution in [0.5, 0.6) is 0 Å². The summed E-state index contributed by atoms with van der Waals surface area (Å²) in [6.45, 7) is 1.58. The van der Waals surface area contributed by atoms with E-state index in [1.54, 1.807) is 0 Å². The molecule has 0 atom stereocenters. The van der Waals surface area contributed by atoms with E-state index in [-0.39, 0.29) is 0 Å². The maximum absolute atomic E-state index is 5.31. The van der Waals surface area contributed by atoms with Gasteiger partial charge in [0.15, 0.2) is 0 Å². The number of nitrogens with zero attached hydrogens (tertiary/aromatic N) is 1. The maximum atomic E-state index is 5.31. The summed E-state index contributed by atoms with van der Waals surface area (Å²) < 4.78 is 5.31. The van der Waals surface area contributed by atoms with E-state index in [1.165, 1.54) is 5.56 Å². The Hall–Kier alpha value is -0.830. The third-order valence-electron chi connectivity index (χ3n) is 1.79. The molecule has 0 saturated heterocycles. The number of aromatic amines is 1. The van der Waals surface area contributed by atoms with Gasteiger partial charge in [-0.05, 0) is 18.4 Å². The highest BCUT2D eigenvalue weighted by atomic mass is 16.5. The molecule has 0 amide bonds. The lowest BCUT2D eigenvalue weighted by Crippen LogP contribution is -1.91. The quantitative estimate of drug-likeness (QED) is 0.577. The standard InChI is InChI=1S/C7H10N2O/c1-2-6-4-8-9-7(6)5-10-3-1/h4H,1-3,5H2,(H,8,9). The van der Waals surface area contributed by atoms with Crippen LogP contribution in [-0.4, -0.2) is 16.8 Å². The van der Waals surface area contributed by atoms with E-state index in [2.05, 4.69) is 10.2 Å². The molecular formula is C7H10N2O. The molecule has 0 aliphatic carbocycles. The van der Waals surface area contributed by atoms with E-state index in [0.717, 1.165) is 25.1 Å². The van der Waals surface area contributed by atoms with Crippen LogP contribution in [0.15, 0.2) is 6.20 Å². The van der Waals surface area contributed by atoms with Crippen LogP contribution < -0.4 is 0 Å². The fourth-order valence-electron chi connectivity index (χ4n) is 1.22. The van der Waals surface area contributed by atoms with Gasteiger partial charge in [-0.3, -0.25) is 5.10 Å². The van der Waals surface area contributed by atoms with E-state index < -0.39 is 0 Å². The number of aryl methyl sites for hydroxylation is 1. The largest absolute Gasteiger partial charge is 0.375 e. The van der Waals surface area contributed by atoms with Crippen molar-refractivity contribution >= 4 is 0 Å². The van der Waals surface area contributed by atoms with Gasteiger partial charge in [-0.15, -0.1) is 0 Å². The lowest BCUT2D eigenvalue weighted by Gasteiger charge is -1.94. The van der Waals surface area contributed by atoms with Gasteiger partial charge >= 0.3 is 0 Å². The first-order valence-corrected chi connectivity index (χ1v) is 3.55. The third kappa shape index (κ3) is 0.926. The molecule has 54 valence electrons. The van der Waals surface area contributed by atoms with Gasteiger partial charge in [0.25, 0.3) is 0 Å². The first-order chi connectivity index (χ1) is 4.97. The zero-order valence-corrected chi connectivity index (χ0v) is 5.76. The highest BCUT2D eigenvalue weighted by Crippen LogP contribution is 2.12. The van der Waals surface area contributed by atoms with Crippen LogP contribution in [-0.2, 0) is 17.8 Å². The molecule has 0 saturated carbocycles. The van der Waals surface area contributed by atoms with Crippen LogP contribution in [0.1, 0.15) is 17.7 Å². The fraction of sp³-hybridized carbons (Fsp3) is 0.571. The molecule has 1 aliphatic heterocycles. The summed E-state index contributed by atoms with van der Waals surface area (Å²) in [6.07, 6.45) is 4.11. The Labute approximate surface area is 59.4 Å². The van der Waals surface area contributed by atoms with Crippen LogP contribution in [0.2, 0.25) is 0 Å². The lowest BCUT2D eigenvalue weighted by atomic mass is 10.2. The average molecular weight is 138 g/mol. The van der Waals surface area contributed by atoms with E-state index in [0.29, 0.717) is 6.61 Å². The maximum Gasteiger partial charge on any atom is 0.0884 e. The molecule has 0 unspecified atom stereocenters. The predicted molar refractivity (Wildman–Crippen MR) is 36.6 cm³/mol. The first kappa shape index (κ1) is 5.92. The number of ether oxygens (including phenoxy) is 1. The van der Waals surface area contributed by atoms with Crippen molar-refractivity contribution in [2.45, 2.75) is 19.4 Å². The second-order valence-electron chi connectivity index (χ2n) is 2.53. The SMILES string of the molecule is c1n[nH]c2c1CCCOC2. The zero-order chi connectivity index (χ0) is 6.81. The van der Waals surface area contributed by atoms with Gasteiger partial charge in [0.05, 0.1) is 18.5 Å². The number of H-pyrrole nitrogens is 1. The Morgan fingerprint density at radius 1 is 1.60 bits per heavy atom. The molecule has 0 aromatic carbocycles. The summed E-state index contributed by atoms with van der Waals surface area (Å²) >= 11 is 0. The highest BCUT2D eigenvalue weighted by molar-refractivity contribution is 5.16. The fourth-order valence-corrected chi connectivity index (χ4v) is 1.22. The van der Waals surface area contributed by atoms with Crippen molar-refractivity contribution in [1.82, 2.24) is 10.2 Å². The summed E-state index contributed by atoms with van der Waals surface area (Å²) in [7, 11) is 0. The lowest BCUT2D eigenvalue weighted by molar-refractivity contribution is 0.122. The van der Waals surface area contributed by atoms with Crippen molar-refractivity contribution < 1.29 is 4.74 Å². The van der Waals surface area contributed by atoms with Gasteiger partial charge in [0.2, 0.25) is 0 Å². The second kappa shape index (κ2) is 2.42. The minimum absolute atomic E-state index is 0.704. The number of hydrogen-bond donors (Lipinski definition) is 1.